The van der Waals surface area contributed by atoms with E-state index in [1.54, 1.807) is 20.8 Å². The lowest BCUT2D eigenvalue weighted by molar-refractivity contribution is -0.133. The number of nitrogens with two attached hydrogens (primary N) is 2. The van der Waals surface area contributed by atoms with E-state index in [-0.39, 0.29) is 18.2 Å². The molecule has 0 rings (SSSR count). The number of ether oxygens (including phenoxy) is 1. The zero-order valence-corrected chi connectivity index (χ0v) is 9.61. The van der Waals surface area contributed by atoms with Crippen molar-refractivity contribution in [3.05, 3.63) is 0 Å². The van der Waals surface area contributed by atoms with Crippen LogP contribution in [0.25, 0.3) is 0 Å². The lowest BCUT2D eigenvalue weighted by Crippen LogP contribution is -2.41. The monoisotopic (exact) mass is 217 g/mol. The van der Waals surface area contributed by atoms with Crippen LogP contribution in [0.4, 0.5) is 4.79 Å². The van der Waals surface area contributed by atoms with Crippen LogP contribution < -0.4 is 11.6 Å². The van der Waals surface area contributed by atoms with E-state index < -0.39 is 11.7 Å². The second-order valence-electron chi connectivity index (χ2n) is 4.13. The van der Waals surface area contributed by atoms with Gasteiger partial charge >= 0.3 is 6.09 Å². The molecule has 0 saturated heterocycles. The van der Waals surface area contributed by atoms with Crippen LogP contribution in [0.3, 0.4) is 0 Å². The van der Waals surface area contributed by atoms with Crippen molar-refractivity contribution in [1.29, 1.82) is 0 Å². The summed E-state index contributed by atoms with van der Waals surface area (Å²) in [5.74, 6) is 4.90. The van der Waals surface area contributed by atoms with Crippen molar-refractivity contribution in [2.45, 2.75) is 32.8 Å². The zero-order chi connectivity index (χ0) is 12.2. The molecule has 0 radical (unpaired) electrons. The van der Waals surface area contributed by atoms with Crippen LogP contribution in [-0.2, 0) is 9.53 Å². The SMILES string of the molecule is CC(CC(=O)N(C)N)C(C)(C)OC(N)=O. The summed E-state index contributed by atoms with van der Waals surface area (Å²) in [5, 5.41) is 1.01. The lowest BCUT2D eigenvalue weighted by atomic mass is 9.89. The van der Waals surface area contributed by atoms with Crippen molar-refractivity contribution in [3.63, 3.8) is 0 Å². The molecule has 0 spiro atoms. The number of carbonyl (C=O) groups excluding carboxylic acids is 2. The molecule has 0 aliphatic carbocycles. The van der Waals surface area contributed by atoms with Crippen LogP contribution in [0.15, 0.2) is 0 Å². The first kappa shape index (κ1) is 13.7. The molecule has 4 N–H and O–H groups in total. The minimum atomic E-state index is -0.847. The number of carbonyl (C=O) groups is 2. The van der Waals surface area contributed by atoms with E-state index in [2.05, 4.69) is 0 Å². The molecule has 0 saturated carbocycles. The summed E-state index contributed by atoms with van der Waals surface area (Å²) in [6, 6.07) is 0. The summed E-state index contributed by atoms with van der Waals surface area (Å²) in [4.78, 5) is 21.9. The molecule has 0 aromatic rings. The van der Waals surface area contributed by atoms with Crippen LogP contribution in [-0.4, -0.2) is 29.7 Å². The molecule has 6 heteroatoms. The Hall–Kier alpha value is -1.30. The Kier molecular flexibility index (Phi) is 4.54. The van der Waals surface area contributed by atoms with Gasteiger partial charge in [-0.3, -0.25) is 9.80 Å². The number of hydrogen-bond acceptors (Lipinski definition) is 4. The van der Waals surface area contributed by atoms with Gasteiger partial charge in [0.05, 0.1) is 0 Å². The fraction of sp³-hybridized carbons (Fsp3) is 0.778. The average Bonchev–Trinajstić information content (AvgIpc) is 2.01. The molecule has 0 aliphatic heterocycles. The first-order chi connectivity index (χ1) is 6.66. The Morgan fingerprint density at radius 3 is 2.27 bits per heavy atom. The van der Waals surface area contributed by atoms with Crippen LogP contribution in [0.1, 0.15) is 27.2 Å². The topological polar surface area (TPSA) is 98.7 Å². The molecule has 0 fully saturated rings. The third-order valence-corrected chi connectivity index (χ3v) is 2.42. The van der Waals surface area contributed by atoms with E-state index >= 15 is 0 Å². The second kappa shape index (κ2) is 4.97. The number of amides is 2. The zero-order valence-electron chi connectivity index (χ0n) is 9.61. The molecule has 0 aliphatic rings. The Labute approximate surface area is 89.5 Å². The van der Waals surface area contributed by atoms with Gasteiger partial charge in [-0.1, -0.05) is 6.92 Å². The van der Waals surface area contributed by atoms with Gasteiger partial charge in [-0.15, -0.1) is 0 Å². The third kappa shape index (κ3) is 4.64. The summed E-state index contributed by atoms with van der Waals surface area (Å²) in [6.45, 7) is 5.20. The van der Waals surface area contributed by atoms with E-state index in [0.29, 0.717) is 0 Å². The van der Waals surface area contributed by atoms with E-state index in [1.807, 2.05) is 0 Å². The van der Waals surface area contributed by atoms with Crippen molar-refractivity contribution in [2.75, 3.05) is 7.05 Å². The molecule has 88 valence electrons. The van der Waals surface area contributed by atoms with Crippen molar-refractivity contribution in [2.24, 2.45) is 17.5 Å². The molecule has 1 atom stereocenters. The Morgan fingerprint density at radius 2 is 1.93 bits per heavy atom. The highest BCUT2D eigenvalue weighted by Gasteiger charge is 2.31. The van der Waals surface area contributed by atoms with Gasteiger partial charge in [0.15, 0.2) is 0 Å². The normalized spacial score (nSPS) is 13.1. The minimum absolute atomic E-state index is 0.163. The van der Waals surface area contributed by atoms with Crippen molar-refractivity contribution in [1.82, 2.24) is 5.01 Å². The maximum Gasteiger partial charge on any atom is 0.405 e. The van der Waals surface area contributed by atoms with E-state index in [9.17, 15) is 9.59 Å². The van der Waals surface area contributed by atoms with Gasteiger partial charge in [0.25, 0.3) is 0 Å². The lowest BCUT2D eigenvalue weighted by Gasteiger charge is -2.30. The van der Waals surface area contributed by atoms with E-state index in [1.165, 1.54) is 7.05 Å². The fourth-order valence-corrected chi connectivity index (χ4v) is 1.01. The highest BCUT2D eigenvalue weighted by atomic mass is 16.6. The predicted molar refractivity (Wildman–Crippen MR) is 55.5 cm³/mol. The van der Waals surface area contributed by atoms with Gasteiger partial charge in [-0.25, -0.2) is 10.6 Å². The maximum absolute atomic E-state index is 11.3. The predicted octanol–water partition coefficient (Wildman–Crippen LogP) is 0.219. The highest BCUT2D eigenvalue weighted by Crippen LogP contribution is 2.24. The molecule has 1 unspecified atom stereocenters. The molecular formula is C9H19N3O3. The molecule has 15 heavy (non-hydrogen) atoms. The minimum Gasteiger partial charge on any atom is -0.443 e. The average molecular weight is 217 g/mol. The van der Waals surface area contributed by atoms with E-state index in [0.717, 1.165) is 5.01 Å². The summed E-state index contributed by atoms with van der Waals surface area (Å²) in [6.07, 6.45) is -0.645. The van der Waals surface area contributed by atoms with Gasteiger partial charge in [0, 0.05) is 19.4 Å². The maximum atomic E-state index is 11.3. The summed E-state index contributed by atoms with van der Waals surface area (Å²) in [7, 11) is 1.47. The van der Waals surface area contributed by atoms with Gasteiger partial charge in [-0.05, 0) is 13.8 Å². The Balaban J connectivity index is 4.36. The first-order valence-corrected chi connectivity index (χ1v) is 4.66. The quantitative estimate of drug-likeness (QED) is 0.399. The number of rotatable bonds is 4. The fourth-order valence-electron chi connectivity index (χ4n) is 1.01. The van der Waals surface area contributed by atoms with Crippen LogP contribution in [0.2, 0.25) is 0 Å². The van der Waals surface area contributed by atoms with Crippen molar-refractivity contribution in [3.8, 4) is 0 Å². The number of nitrogens with zero attached hydrogens (tertiary/aromatic N) is 1. The molecule has 6 nitrogen and oxygen atoms in total. The Morgan fingerprint density at radius 1 is 1.47 bits per heavy atom. The van der Waals surface area contributed by atoms with E-state index in [4.69, 9.17) is 16.3 Å². The molecule has 0 aromatic heterocycles. The third-order valence-electron chi connectivity index (χ3n) is 2.42. The van der Waals surface area contributed by atoms with Crippen LogP contribution in [0.5, 0.6) is 0 Å². The van der Waals surface area contributed by atoms with Gasteiger partial charge < -0.3 is 10.5 Å². The summed E-state index contributed by atoms with van der Waals surface area (Å²) in [5.41, 5.74) is 4.15. The molecule has 0 bridgehead atoms. The molecule has 0 aromatic carbocycles. The number of hydrazine groups is 1. The number of primary amides is 1. The van der Waals surface area contributed by atoms with Gasteiger partial charge in [-0.2, -0.15) is 0 Å². The van der Waals surface area contributed by atoms with Gasteiger partial charge in [0.2, 0.25) is 5.91 Å². The smallest absolute Gasteiger partial charge is 0.405 e. The summed E-state index contributed by atoms with van der Waals surface area (Å²) < 4.78 is 4.91. The largest absolute Gasteiger partial charge is 0.443 e. The highest BCUT2D eigenvalue weighted by molar-refractivity contribution is 5.75. The second-order valence-corrected chi connectivity index (χ2v) is 4.13. The number of hydrogen-bond donors (Lipinski definition) is 2. The van der Waals surface area contributed by atoms with Crippen LogP contribution in [0, 0.1) is 5.92 Å². The van der Waals surface area contributed by atoms with Gasteiger partial charge in [0.1, 0.15) is 5.60 Å². The van der Waals surface area contributed by atoms with Crippen molar-refractivity contribution < 1.29 is 14.3 Å². The van der Waals surface area contributed by atoms with Crippen LogP contribution >= 0.6 is 0 Å². The molecule has 2 amide bonds. The molecular weight excluding hydrogens is 198 g/mol. The Bertz CT molecular complexity index is 251. The van der Waals surface area contributed by atoms with Crippen molar-refractivity contribution >= 4 is 12.0 Å². The first-order valence-electron chi connectivity index (χ1n) is 4.66. The molecule has 0 heterocycles. The summed E-state index contributed by atoms with van der Waals surface area (Å²) >= 11 is 0. The standard InChI is InChI=1S/C9H19N3O3/c1-6(5-7(13)12(4)11)9(2,3)15-8(10)14/h6H,5,11H2,1-4H3,(H2,10,14).